The zero-order valence-electron chi connectivity index (χ0n) is 15.9. The molecule has 3 heteroatoms. The highest BCUT2D eigenvalue weighted by Gasteiger charge is 2.11. The van der Waals surface area contributed by atoms with Crippen LogP contribution in [0.15, 0.2) is 60.7 Å². The summed E-state index contributed by atoms with van der Waals surface area (Å²) in [6, 6.07) is 21.9. The monoisotopic (exact) mass is 358 g/mol. The maximum absolute atomic E-state index is 5.72. The van der Waals surface area contributed by atoms with E-state index in [1.807, 2.05) is 13.8 Å². The highest BCUT2D eigenvalue weighted by molar-refractivity contribution is 7.73. The van der Waals surface area contributed by atoms with Gasteiger partial charge in [-0.2, -0.15) is 0 Å². The van der Waals surface area contributed by atoms with Crippen LogP contribution >= 0.6 is 7.92 Å². The van der Waals surface area contributed by atoms with E-state index < -0.39 is 0 Å². The number of nitrogens with two attached hydrogens (primary N) is 2. The molecule has 0 heterocycles. The van der Waals surface area contributed by atoms with E-state index in [1.54, 1.807) is 0 Å². The van der Waals surface area contributed by atoms with Crippen LogP contribution in [0.5, 0.6) is 0 Å². The second-order valence-corrected chi connectivity index (χ2v) is 8.35. The van der Waals surface area contributed by atoms with Gasteiger partial charge in [0.05, 0.1) is 0 Å². The molecule has 1 aliphatic rings. The van der Waals surface area contributed by atoms with E-state index in [4.69, 9.17) is 11.5 Å². The van der Waals surface area contributed by atoms with Gasteiger partial charge < -0.3 is 11.5 Å². The topological polar surface area (TPSA) is 52.0 Å². The predicted molar refractivity (Wildman–Crippen MR) is 115 cm³/mol. The fourth-order valence-corrected chi connectivity index (χ4v) is 5.02. The van der Waals surface area contributed by atoms with Gasteiger partial charge in [0.15, 0.2) is 0 Å². The number of hydrogen-bond acceptors (Lipinski definition) is 2. The summed E-state index contributed by atoms with van der Waals surface area (Å²) in [6.07, 6.45) is 7.72. The van der Waals surface area contributed by atoms with Crippen molar-refractivity contribution in [2.24, 2.45) is 11.5 Å². The van der Waals surface area contributed by atoms with E-state index >= 15 is 0 Å². The Labute approximate surface area is 155 Å². The van der Waals surface area contributed by atoms with Crippen LogP contribution in [0.1, 0.15) is 46.0 Å². The molecule has 1 fully saturated rings. The van der Waals surface area contributed by atoms with Gasteiger partial charge >= 0.3 is 0 Å². The first-order chi connectivity index (χ1) is 12.3. The van der Waals surface area contributed by atoms with Crippen LogP contribution in [-0.4, -0.2) is 18.7 Å². The molecule has 0 aliphatic heterocycles. The van der Waals surface area contributed by atoms with Crippen LogP contribution in [0, 0.1) is 0 Å². The first-order valence-corrected chi connectivity index (χ1v) is 11.2. The van der Waals surface area contributed by atoms with Gasteiger partial charge in [0, 0.05) is 6.04 Å². The van der Waals surface area contributed by atoms with Crippen molar-refractivity contribution < 1.29 is 0 Å². The lowest BCUT2D eigenvalue weighted by molar-refractivity contribution is 0.441. The minimum Gasteiger partial charge on any atom is -0.330 e. The van der Waals surface area contributed by atoms with E-state index in [9.17, 15) is 0 Å². The summed E-state index contributed by atoms with van der Waals surface area (Å²) in [4.78, 5) is 0. The van der Waals surface area contributed by atoms with Crippen molar-refractivity contribution in [2.75, 3.05) is 12.7 Å². The van der Waals surface area contributed by atoms with Gasteiger partial charge in [-0.15, -0.1) is 0 Å². The second kappa shape index (κ2) is 14.0. The normalized spacial score (nSPS) is 14.1. The zero-order chi connectivity index (χ0) is 18.3. The molecule has 2 aromatic carbocycles. The molecule has 1 aliphatic carbocycles. The maximum Gasteiger partial charge on any atom is 0.00388 e. The predicted octanol–water partition coefficient (Wildman–Crippen LogP) is 4.38. The van der Waals surface area contributed by atoms with Crippen molar-refractivity contribution in [3.05, 3.63) is 60.7 Å². The minimum absolute atomic E-state index is 0.276. The van der Waals surface area contributed by atoms with E-state index in [1.165, 1.54) is 42.7 Å². The maximum atomic E-state index is 5.72. The zero-order valence-corrected chi connectivity index (χ0v) is 16.8. The van der Waals surface area contributed by atoms with Crippen LogP contribution in [0.2, 0.25) is 0 Å². The molecule has 2 nitrogen and oxygen atoms in total. The van der Waals surface area contributed by atoms with Crippen LogP contribution in [0.3, 0.4) is 0 Å². The van der Waals surface area contributed by atoms with Crippen LogP contribution in [0.4, 0.5) is 0 Å². The lowest BCUT2D eigenvalue weighted by Crippen LogP contribution is -2.22. The molecular formula is C22H35N2P. The third-order valence-electron chi connectivity index (χ3n) is 4.14. The summed E-state index contributed by atoms with van der Waals surface area (Å²) in [5.74, 6) is 0. The SMILES string of the molecule is CC.NC1CCCCC1.NCCP(c1ccccc1)c1ccccc1. The summed E-state index contributed by atoms with van der Waals surface area (Å²) in [5.41, 5.74) is 11.4. The average Bonchev–Trinajstić information content (AvgIpc) is 2.70. The highest BCUT2D eigenvalue weighted by atomic mass is 31.1. The Morgan fingerprint density at radius 1 is 0.800 bits per heavy atom. The third kappa shape index (κ3) is 8.63. The first kappa shape index (κ1) is 21.8. The summed E-state index contributed by atoms with van der Waals surface area (Å²) in [7, 11) is -0.276. The van der Waals surface area contributed by atoms with Gasteiger partial charge in [-0.05, 0) is 44.1 Å². The van der Waals surface area contributed by atoms with Gasteiger partial charge in [0.2, 0.25) is 0 Å². The highest BCUT2D eigenvalue weighted by Crippen LogP contribution is 2.32. The largest absolute Gasteiger partial charge is 0.330 e. The van der Waals surface area contributed by atoms with Crippen LogP contribution in [0.25, 0.3) is 0 Å². The van der Waals surface area contributed by atoms with Gasteiger partial charge in [-0.3, -0.25) is 0 Å². The molecule has 0 spiro atoms. The molecule has 138 valence electrons. The Bertz CT molecular complexity index is 485. The molecule has 25 heavy (non-hydrogen) atoms. The van der Waals surface area contributed by atoms with Crippen molar-refractivity contribution in [2.45, 2.75) is 52.0 Å². The van der Waals surface area contributed by atoms with Crippen molar-refractivity contribution in [1.82, 2.24) is 0 Å². The van der Waals surface area contributed by atoms with Crippen molar-refractivity contribution in [1.29, 1.82) is 0 Å². The molecule has 1 saturated carbocycles. The Hall–Kier alpha value is -1.21. The summed E-state index contributed by atoms with van der Waals surface area (Å²) < 4.78 is 0. The van der Waals surface area contributed by atoms with E-state index in [0.717, 1.165) is 12.7 Å². The molecule has 0 radical (unpaired) electrons. The Balaban J connectivity index is 0.000000290. The fraction of sp³-hybridized carbons (Fsp3) is 0.455. The third-order valence-corrected chi connectivity index (χ3v) is 6.69. The van der Waals surface area contributed by atoms with Crippen molar-refractivity contribution in [3.63, 3.8) is 0 Å². The molecule has 3 rings (SSSR count). The van der Waals surface area contributed by atoms with Gasteiger partial charge in [0.25, 0.3) is 0 Å². The first-order valence-electron chi connectivity index (χ1n) is 9.64. The smallest absolute Gasteiger partial charge is 0.00388 e. The molecule has 0 amide bonds. The van der Waals surface area contributed by atoms with Gasteiger partial charge in [-0.1, -0.05) is 93.8 Å². The molecule has 0 bridgehead atoms. The van der Waals surface area contributed by atoms with E-state index in [0.29, 0.717) is 6.04 Å². The molecule has 2 aromatic rings. The molecule has 0 aromatic heterocycles. The standard InChI is InChI=1S/C14H16NP.C6H13N.C2H6/c15-11-12-16(13-7-3-1-4-8-13)14-9-5-2-6-10-14;7-6-4-2-1-3-5-6;1-2/h1-10H,11-12,15H2;6H,1-5,7H2;1-2H3. The Morgan fingerprint density at radius 3 is 1.56 bits per heavy atom. The quantitative estimate of drug-likeness (QED) is 0.797. The summed E-state index contributed by atoms with van der Waals surface area (Å²) in [5, 5.41) is 2.82. The number of benzene rings is 2. The Morgan fingerprint density at radius 2 is 1.24 bits per heavy atom. The van der Waals surface area contributed by atoms with E-state index in [-0.39, 0.29) is 7.92 Å². The van der Waals surface area contributed by atoms with Crippen molar-refractivity contribution in [3.8, 4) is 0 Å². The molecule has 0 saturated heterocycles. The van der Waals surface area contributed by atoms with Crippen LogP contribution in [-0.2, 0) is 0 Å². The molecule has 4 N–H and O–H groups in total. The summed E-state index contributed by atoms with van der Waals surface area (Å²) in [6.45, 7) is 4.75. The minimum atomic E-state index is -0.276. The lowest BCUT2D eigenvalue weighted by atomic mass is 9.97. The average molecular weight is 359 g/mol. The molecule has 0 unspecified atom stereocenters. The molecule has 0 atom stereocenters. The van der Waals surface area contributed by atoms with Gasteiger partial charge in [-0.25, -0.2) is 0 Å². The second-order valence-electron chi connectivity index (χ2n) is 6.01. The fourth-order valence-electron chi connectivity index (χ4n) is 2.89. The molecular weight excluding hydrogens is 323 g/mol. The van der Waals surface area contributed by atoms with Crippen LogP contribution < -0.4 is 22.1 Å². The lowest BCUT2D eigenvalue weighted by Gasteiger charge is -2.17. The van der Waals surface area contributed by atoms with Crippen molar-refractivity contribution >= 4 is 18.5 Å². The number of hydrogen-bond donors (Lipinski definition) is 2. The van der Waals surface area contributed by atoms with Gasteiger partial charge in [0.1, 0.15) is 0 Å². The Kier molecular flexibility index (Phi) is 12.2. The number of rotatable bonds is 4. The summed E-state index contributed by atoms with van der Waals surface area (Å²) >= 11 is 0. The van der Waals surface area contributed by atoms with E-state index in [2.05, 4.69) is 60.7 Å².